The van der Waals surface area contributed by atoms with Crippen molar-refractivity contribution in [3.8, 4) is 0 Å². The molecule has 3 fully saturated rings. The lowest BCUT2D eigenvalue weighted by atomic mass is 9.59. The van der Waals surface area contributed by atoms with E-state index >= 15 is 0 Å². The summed E-state index contributed by atoms with van der Waals surface area (Å²) in [6, 6.07) is 1.85. The highest BCUT2D eigenvalue weighted by atomic mass is 16.6. The van der Waals surface area contributed by atoms with Crippen molar-refractivity contribution in [1.29, 1.82) is 0 Å². The number of hydrogen-bond acceptors (Lipinski definition) is 5. The van der Waals surface area contributed by atoms with E-state index in [-0.39, 0.29) is 29.3 Å². The van der Waals surface area contributed by atoms with E-state index < -0.39 is 0 Å². The highest BCUT2D eigenvalue weighted by Crippen LogP contribution is 2.53. The molecule has 2 saturated heterocycles. The Morgan fingerprint density at radius 2 is 2.03 bits per heavy atom. The second kappa shape index (κ2) is 7.38. The van der Waals surface area contributed by atoms with Gasteiger partial charge in [0, 0.05) is 18.3 Å². The number of ether oxygens (including phenoxy) is 1. The van der Waals surface area contributed by atoms with Crippen LogP contribution in [0, 0.1) is 23.2 Å². The molecule has 156 valence electrons. The summed E-state index contributed by atoms with van der Waals surface area (Å²) >= 11 is 0. The van der Waals surface area contributed by atoms with E-state index in [9.17, 15) is 4.79 Å². The Morgan fingerprint density at radius 1 is 1.28 bits per heavy atom. The number of aromatic nitrogens is 2. The Balaban J connectivity index is 1.27. The van der Waals surface area contributed by atoms with Gasteiger partial charge in [0.15, 0.2) is 0 Å². The Hall–Kier alpha value is -1.95. The van der Waals surface area contributed by atoms with Gasteiger partial charge in [-0.05, 0) is 36.7 Å². The molecule has 4 aliphatic rings. The normalized spacial score (nSPS) is 37.5. The first-order valence-electron chi connectivity index (χ1n) is 11.3. The van der Waals surface area contributed by atoms with Gasteiger partial charge in [0.05, 0.1) is 32.7 Å². The molecule has 0 bridgehead atoms. The van der Waals surface area contributed by atoms with Gasteiger partial charge in [-0.3, -0.25) is 4.79 Å². The van der Waals surface area contributed by atoms with Crippen LogP contribution in [0.4, 0.5) is 5.95 Å². The minimum absolute atomic E-state index is 0.0145. The molecule has 5 atom stereocenters. The van der Waals surface area contributed by atoms with Crippen LogP contribution in [0.2, 0.25) is 0 Å². The van der Waals surface area contributed by atoms with Crippen LogP contribution in [0.25, 0.3) is 0 Å². The predicted octanol–water partition coefficient (Wildman–Crippen LogP) is 1.50. The lowest BCUT2D eigenvalue weighted by molar-refractivity contribution is -0.903. The van der Waals surface area contributed by atoms with Crippen LogP contribution in [0.3, 0.4) is 0 Å². The predicted molar refractivity (Wildman–Crippen MR) is 110 cm³/mol. The van der Waals surface area contributed by atoms with Crippen LogP contribution in [0.1, 0.15) is 39.5 Å². The molecule has 1 aromatic rings. The largest absolute Gasteiger partial charge is 0.461 e. The van der Waals surface area contributed by atoms with Crippen molar-refractivity contribution in [2.75, 3.05) is 37.6 Å². The van der Waals surface area contributed by atoms with Crippen molar-refractivity contribution >= 4 is 11.9 Å². The summed E-state index contributed by atoms with van der Waals surface area (Å²) < 4.78 is 5.93. The van der Waals surface area contributed by atoms with Crippen LogP contribution < -0.4 is 9.80 Å². The van der Waals surface area contributed by atoms with Crippen LogP contribution in [-0.2, 0) is 9.53 Å². The molecule has 1 N–H and O–H groups in total. The molecule has 6 heteroatoms. The SMILES string of the molecule is C[C@H]1CCC[C@]2(C)C[C@H]3OC(=O)[C@H](C[NH+]4CCN(c5ncccn5)CC4)[C@H]3C=C12. The molecule has 2 aliphatic carbocycles. The molecule has 3 heterocycles. The summed E-state index contributed by atoms with van der Waals surface area (Å²) in [5, 5.41) is 0. The molecular weight excluding hydrogens is 364 g/mol. The molecule has 0 unspecified atom stereocenters. The molecule has 0 radical (unpaired) electrons. The Kier molecular flexibility index (Phi) is 4.85. The maximum atomic E-state index is 12.8. The maximum absolute atomic E-state index is 12.8. The number of carbonyl (C=O) groups is 1. The zero-order chi connectivity index (χ0) is 20.0. The fourth-order valence-electron chi connectivity index (χ4n) is 6.27. The van der Waals surface area contributed by atoms with E-state index in [1.807, 2.05) is 6.07 Å². The third-order valence-corrected chi connectivity index (χ3v) is 7.90. The number of hydrogen-bond donors (Lipinski definition) is 1. The smallest absolute Gasteiger partial charge is 0.315 e. The summed E-state index contributed by atoms with van der Waals surface area (Å²) in [4.78, 5) is 25.3. The molecule has 0 aromatic carbocycles. The Morgan fingerprint density at radius 3 is 2.79 bits per heavy atom. The molecule has 5 rings (SSSR count). The van der Waals surface area contributed by atoms with Crippen LogP contribution in [0.15, 0.2) is 30.1 Å². The molecule has 1 aromatic heterocycles. The minimum Gasteiger partial charge on any atom is -0.461 e. The second-order valence-corrected chi connectivity index (χ2v) is 9.83. The monoisotopic (exact) mass is 397 g/mol. The van der Waals surface area contributed by atoms with Crippen molar-refractivity contribution in [1.82, 2.24) is 9.97 Å². The zero-order valence-electron chi connectivity index (χ0n) is 17.6. The molecule has 29 heavy (non-hydrogen) atoms. The number of carbonyl (C=O) groups excluding carboxylic acids is 1. The number of nitrogens with one attached hydrogen (secondary N) is 1. The standard InChI is InChI=1S/C23H32N4O2/c1-16-5-3-6-23(2)14-20-17(13-19(16)23)18(21(28)29-20)15-26-9-11-27(12-10-26)22-24-7-4-8-25-22/h4,7-8,13,16-18,20H,3,5-6,9-12,14-15H2,1-2H3/p+1/t16-,17+,18+,20+,23+/m0/s1. The lowest BCUT2D eigenvalue weighted by Crippen LogP contribution is -3.15. The number of anilines is 1. The summed E-state index contributed by atoms with van der Waals surface area (Å²) in [5.41, 5.74) is 1.84. The zero-order valence-corrected chi connectivity index (χ0v) is 17.6. The van der Waals surface area contributed by atoms with E-state index in [0.717, 1.165) is 45.1 Å². The van der Waals surface area contributed by atoms with Gasteiger partial charge in [0.25, 0.3) is 0 Å². The number of esters is 1. The number of piperazine rings is 1. The average molecular weight is 398 g/mol. The summed E-state index contributed by atoms with van der Waals surface area (Å²) in [5.74, 6) is 1.78. The van der Waals surface area contributed by atoms with E-state index in [1.165, 1.54) is 24.2 Å². The lowest BCUT2D eigenvalue weighted by Gasteiger charge is -2.46. The van der Waals surface area contributed by atoms with Gasteiger partial charge in [-0.25, -0.2) is 9.97 Å². The van der Waals surface area contributed by atoms with Gasteiger partial charge in [0.2, 0.25) is 5.95 Å². The number of allylic oxidation sites excluding steroid dienone is 1. The topological polar surface area (TPSA) is 59.8 Å². The number of quaternary nitrogens is 1. The fraction of sp³-hybridized carbons (Fsp3) is 0.696. The quantitative estimate of drug-likeness (QED) is 0.619. The van der Waals surface area contributed by atoms with Gasteiger partial charge in [-0.1, -0.05) is 31.9 Å². The van der Waals surface area contributed by atoms with E-state index in [2.05, 4.69) is 34.8 Å². The average Bonchev–Trinajstić information content (AvgIpc) is 3.01. The van der Waals surface area contributed by atoms with Crippen molar-refractivity contribution in [2.45, 2.75) is 45.6 Å². The van der Waals surface area contributed by atoms with E-state index in [4.69, 9.17) is 4.74 Å². The van der Waals surface area contributed by atoms with Crippen LogP contribution >= 0.6 is 0 Å². The van der Waals surface area contributed by atoms with E-state index in [0.29, 0.717) is 5.92 Å². The Labute approximate surface area is 173 Å². The van der Waals surface area contributed by atoms with Gasteiger partial charge in [0.1, 0.15) is 12.0 Å². The first kappa shape index (κ1) is 19.0. The van der Waals surface area contributed by atoms with Gasteiger partial charge in [-0.2, -0.15) is 0 Å². The second-order valence-electron chi connectivity index (χ2n) is 9.83. The van der Waals surface area contributed by atoms with Gasteiger partial charge in [-0.15, -0.1) is 0 Å². The summed E-state index contributed by atoms with van der Waals surface area (Å²) in [7, 11) is 0. The third kappa shape index (κ3) is 3.45. The Bertz CT molecular complexity index is 789. The first-order chi connectivity index (χ1) is 14.0. The van der Waals surface area contributed by atoms with Gasteiger partial charge < -0.3 is 14.5 Å². The maximum Gasteiger partial charge on any atom is 0.315 e. The summed E-state index contributed by atoms with van der Waals surface area (Å²) in [6.45, 7) is 9.55. The third-order valence-electron chi connectivity index (χ3n) is 7.90. The molecular formula is C23H33N4O2+. The van der Waals surface area contributed by atoms with Crippen LogP contribution in [-0.4, -0.2) is 54.8 Å². The first-order valence-corrected chi connectivity index (χ1v) is 11.3. The molecule has 1 saturated carbocycles. The highest BCUT2D eigenvalue weighted by Gasteiger charge is 2.52. The van der Waals surface area contributed by atoms with Crippen molar-refractivity contribution < 1.29 is 14.4 Å². The minimum atomic E-state index is 0.0145. The number of rotatable bonds is 3. The molecule has 0 amide bonds. The van der Waals surface area contributed by atoms with Crippen molar-refractivity contribution in [2.24, 2.45) is 23.2 Å². The summed E-state index contributed by atoms with van der Waals surface area (Å²) in [6.07, 6.45) is 11.0. The van der Waals surface area contributed by atoms with Crippen LogP contribution in [0.5, 0.6) is 0 Å². The highest BCUT2D eigenvalue weighted by molar-refractivity contribution is 5.76. The fourth-order valence-corrected chi connectivity index (χ4v) is 6.27. The number of nitrogens with zero attached hydrogens (tertiary/aromatic N) is 3. The van der Waals surface area contributed by atoms with Crippen molar-refractivity contribution in [3.63, 3.8) is 0 Å². The van der Waals surface area contributed by atoms with Gasteiger partial charge >= 0.3 is 5.97 Å². The van der Waals surface area contributed by atoms with Crippen molar-refractivity contribution in [3.05, 3.63) is 30.1 Å². The molecule has 2 aliphatic heterocycles. The van der Waals surface area contributed by atoms with E-state index in [1.54, 1.807) is 18.0 Å². The molecule has 6 nitrogen and oxygen atoms in total. The molecule has 0 spiro atoms. The number of fused-ring (bicyclic) bond motifs is 2.